The number of aromatic nitrogens is 5. The van der Waals surface area contributed by atoms with Crippen LogP contribution in [0.3, 0.4) is 0 Å². The molecule has 1 amide bonds. The maximum atomic E-state index is 13.2. The van der Waals surface area contributed by atoms with Crippen molar-refractivity contribution in [1.82, 2.24) is 28.8 Å². The Kier molecular flexibility index (Phi) is 6.66. The van der Waals surface area contributed by atoms with Gasteiger partial charge in [-0.15, -0.1) is 0 Å². The number of nitrogens with zero attached hydrogens (tertiary/aromatic N) is 6. The van der Waals surface area contributed by atoms with E-state index in [2.05, 4.69) is 49.3 Å². The van der Waals surface area contributed by atoms with Crippen molar-refractivity contribution in [3.05, 3.63) is 107 Å². The number of aryl methyl sites for hydroxylation is 2. The van der Waals surface area contributed by atoms with Crippen LogP contribution in [0, 0.1) is 25.7 Å². The smallest absolute Gasteiger partial charge is 0.255 e. The Morgan fingerprint density at radius 3 is 2.77 bits per heavy atom. The van der Waals surface area contributed by atoms with E-state index in [1.54, 1.807) is 18.6 Å². The number of nitrogens with one attached hydrogen (secondary N) is 1. The molecule has 0 atom stereocenters. The van der Waals surface area contributed by atoms with E-state index in [-0.39, 0.29) is 5.91 Å². The van der Waals surface area contributed by atoms with Crippen molar-refractivity contribution in [2.24, 2.45) is 0 Å². The second-order valence-electron chi connectivity index (χ2n) is 9.99. The summed E-state index contributed by atoms with van der Waals surface area (Å²) in [4.78, 5) is 28.7. The summed E-state index contributed by atoms with van der Waals surface area (Å²) in [5.74, 6) is 6.20. The van der Waals surface area contributed by atoms with Gasteiger partial charge in [0.05, 0.1) is 24.4 Å². The average Bonchev–Trinajstić information content (AvgIpc) is 3.70. The number of carbonyl (C=O) groups is 1. The molecular formula is C31H29N7O. The lowest BCUT2D eigenvalue weighted by molar-refractivity contribution is 0.102. The van der Waals surface area contributed by atoms with Crippen molar-refractivity contribution in [3.63, 3.8) is 0 Å². The number of rotatable bonds is 5. The van der Waals surface area contributed by atoms with Gasteiger partial charge in [0.25, 0.3) is 5.91 Å². The molecule has 5 aromatic rings. The largest absolute Gasteiger partial charge is 0.322 e. The molecule has 0 bridgehead atoms. The maximum absolute atomic E-state index is 13.2. The summed E-state index contributed by atoms with van der Waals surface area (Å²) in [7, 11) is 0. The Morgan fingerprint density at radius 1 is 1.03 bits per heavy atom. The fourth-order valence-corrected chi connectivity index (χ4v) is 4.91. The molecule has 0 aliphatic carbocycles. The van der Waals surface area contributed by atoms with E-state index in [4.69, 9.17) is 0 Å². The van der Waals surface area contributed by atoms with Gasteiger partial charge in [-0.3, -0.25) is 19.1 Å². The van der Waals surface area contributed by atoms with E-state index in [9.17, 15) is 4.79 Å². The molecular weight excluding hydrogens is 486 g/mol. The van der Waals surface area contributed by atoms with Crippen molar-refractivity contribution >= 4 is 17.2 Å². The van der Waals surface area contributed by atoms with Gasteiger partial charge in [-0.05, 0) is 87.2 Å². The third-order valence-electron chi connectivity index (χ3n) is 6.98. The van der Waals surface area contributed by atoms with Crippen LogP contribution in [-0.4, -0.2) is 47.8 Å². The van der Waals surface area contributed by atoms with Crippen LogP contribution in [-0.2, 0) is 6.54 Å². The Bertz CT molecular complexity index is 1730. The number of likely N-dealkylation sites (tertiary alicyclic amines) is 1. The highest BCUT2D eigenvalue weighted by Crippen LogP contribution is 2.21. The summed E-state index contributed by atoms with van der Waals surface area (Å²) in [5, 5.41) is 3.07. The first-order chi connectivity index (χ1) is 19.0. The van der Waals surface area contributed by atoms with E-state index >= 15 is 0 Å². The standard InChI is InChI=1S/C31H29N7O/c1-22-13-26(16-29(14-22)37-20-27(34-21-37)19-36-10-3-4-11-36)35-31(39)25-6-5-23(2)24(15-25)7-8-28-17-33-30-18-32-9-12-38(28)30/h5-6,9,12-18,20-21H,3-4,10-11,19H2,1-2H3,(H,35,39). The van der Waals surface area contributed by atoms with Gasteiger partial charge in [0, 0.05) is 47.6 Å². The molecule has 194 valence electrons. The molecule has 1 fully saturated rings. The molecule has 4 heterocycles. The van der Waals surface area contributed by atoms with Crippen LogP contribution in [0.4, 0.5) is 5.69 Å². The summed E-state index contributed by atoms with van der Waals surface area (Å²) < 4.78 is 3.90. The lowest BCUT2D eigenvalue weighted by Gasteiger charge is -2.12. The molecule has 6 rings (SSSR count). The van der Waals surface area contributed by atoms with E-state index in [1.165, 1.54) is 12.8 Å². The third kappa shape index (κ3) is 5.44. The quantitative estimate of drug-likeness (QED) is 0.341. The molecule has 1 aliphatic heterocycles. The maximum Gasteiger partial charge on any atom is 0.255 e. The first-order valence-electron chi connectivity index (χ1n) is 13.1. The zero-order chi connectivity index (χ0) is 26.8. The minimum Gasteiger partial charge on any atom is -0.322 e. The normalized spacial score (nSPS) is 13.4. The lowest BCUT2D eigenvalue weighted by Crippen LogP contribution is -2.18. The number of fused-ring (bicyclic) bond motifs is 1. The molecule has 0 saturated carbocycles. The van der Waals surface area contributed by atoms with E-state index in [0.29, 0.717) is 5.56 Å². The molecule has 1 N–H and O–H groups in total. The number of carbonyl (C=O) groups excluding carboxylic acids is 1. The third-order valence-corrected chi connectivity index (χ3v) is 6.98. The van der Waals surface area contributed by atoms with Gasteiger partial charge in [0.15, 0.2) is 5.65 Å². The van der Waals surface area contributed by atoms with Crippen LogP contribution in [0.15, 0.2) is 73.7 Å². The highest BCUT2D eigenvalue weighted by atomic mass is 16.1. The van der Waals surface area contributed by atoms with Crippen molar-refractivity contribution in [2.75, 3.05) is 18.4 Å². The van der Waals surface area contributed by atoms with Crippen molar-refractivity contribution in [3.8, 4) is 17.5 Å². The van der Waals surface area contributed by atoms with Gasteiger partial charge in [-0.25, -0.2) is 9.97 Å². The van der Waals surface area contributed by atoms with E-state index < -0.39 is 0 Å². The molecule has 39 heavy (non-hydrogen) atoms. The molecule has 0 radical (unpaired) electrons. The van der Waals surface area contributed by atoms with Crippen LogP contribution >= 0.6 is 0 Å². The molecule has 1 saturated heterocycles. The Morgan fingerprint density at radius 2 is 1.90 bits per heavy atom. The summed E-state index contributed by atoms with van der Waals surface area (Å²) in [5.41, 5.74) is 7.64. The average molecular weight is 516 g/mol. The highest BCUT2D eigenvalue weighted by molar-refractivity contribution is 6.04. The zero-order valence-electron chi connectivity index (χ0n) is 22.1. The molecule has 0 spiro atoms. The number of hydrogen-bond acceptors (Lipinski definition) is 5. The second-order valence-corrected chi connectivity index (χ2v) is 9.99. The predicted octanol–water partition coefficient (Wildman–Crippen LogP) is 4.78. The minimum atomic E-state index is -0.184. The van der Waals surface area contributed by atoms with Gasteiger partial charge in [0.1, 0.15) is 5.69 Å². The van der Waals surface area contributed by atoms with Crippen LogP contribution < -0.4 is 5.32 Å². The van der Waals surface area contributed by atoms with Crippen molar-refractivity contribution < 1.29 is 4.79 Å². The van der Waals surface area contributed by atoms with Crippen molar-refractivity contribution in [2.45, 2.75) is 33.2 Å². The summed E-state index contributed by atoms with van der Waals surface area (Å²) in [6.07, 6.45) is 13.4. The fraction of sp³-hybridized carbons (Fsp3) is 0.226. The highest BCUT2D eigenvalue weighted by Gasteiger charge is 2.14. The van der Waals surface area contributed by atoms with Crippen molar-refractivity contribution in [1.29, 1.82) is 0 Å². The SMILES string of the molecule is Cc1cc(NC(=O)c2ccc(C)c(C#Cc3cnc4cnccn34)c2)cc(-n2cnc(CN3CCCC3)c2)c1. The van der Waals surface area contributed by atoms with Gasteiger partial charge in [-0.2, -0.15) is 0 Å². The Hall–Kier alpha value is -4.74. The van der Waals surface area contributed by atoms with Gasteiger partial charge < -0.3 is 9.88 Å². The zero-order valence-corrected chi connectivity index (χ0v) is 22.1. The second kappa shape index (κ2) is 10.6. The molecule has 1 aliphatic rings. The first kappa shape index (κ1) is 24.6. The van der Waals surface area contributed by atoms with Crippen LogP contribution in [0.25, 0.3) is 11.3 Å². The van der Waals surface area contributed by atoms with Gasteiger partial charge in [-0.1, -0.05) is 12.0 Å². The van der Waals surface area contributed by atoms with E-state index in [1.807, 2.05) is 65.7 Å². The number of benzene rings is 2. The molecule has 2 aromatic carbocycles. The van der Waals surface area contributed by atoms with Crippen LogP contribution in [0.1, 0.15) is 51.3 Å². The van der Waals surface area contributed by atoms with Crippen LogP contribution in [0.2, 0.25) is 0 Å². The molecule has 8 nitrogen and oxygen atoms in total. The summed E-state index contributed by atoms with van der Waals surface area (Å²) in [6.45, 7) is 7.16. The molecule has 0 unspecified atom stereocenters. The van der Waals surface area contributed by atoms with Gasteiger partial charge in [0.2, 0.25) is 0 Å². The van der Waals surface area contributed by atoms with E-state index in [0.717, 1.165) is 64.7 Å². The van der Waals surface area contributed by atoms with Crippen LogP contribution in [0.5, 0.6) is 0 Å². The topological polar surface area (TPSA) is 80.3 Å². The number of anilines is 1. The Balaban J connectivity index is 1.20. The first-order valence-corrected chi connectivity index (χ1v) is 13.1. The monoisotopic (exact) mass is 515 g/mol. The fourth-order valence-electron chi connectivity index (χ4n) is 4.91. The van der Waals surface area contributed by atoms with Gasteiger partial charge >= 0.3 is 0 Å². The summed E-state index contributed by atoms with van der Waals surface area (Å²) >= 11 is 0. The molecule has 3 aromatic heterocycles. The lowest BCUT2D eigenvalue weighted by atomic mass is 10.0. The predicted molar refractivity (Wildman–Crippen MR) is 151 cm³/mol. The number of amides is 1. The number of hydrogen-bond donors (Lipinski definition) is 1. The minimum absolute atomic E-state index is 0.184. The number of imidazole rings is 2. The molecule has 8 heteroatoms. The summed E-state index contributed by atoms with van der Waals surface area (Å²) in [6, 6.07) is 11.6. The Labute approximate surface area is 227 Å².